The lowest BCUT2D eigenvalue weighted by Gasteiger charge is -2.31. The van der Waals surface area contributed by atoms with E-state index in [4.69, 9.17) is 14.2 Å². The van der Waals surface area contributed by atoms with Crippen molar-refractivity contribution in [2.24, 2.45) is 10.8 Å². The van der Waals surface area contributed by atoms with Crippen molar-refractivity contribution in [2.75, 3.05) is 18.8 Å². The highest BCUT2D eigenvalue weighted by molar-refractivity contribution is 6.17. The number of hydrogen-bond acceptors (Lipinski definition) is 10. The van der Waals surface area contributed by atoms with E-state index in [2.05, 4.69) is 19.9 Å². The standard InChI is InChI=1S/C27H39N5O6/c1-16(37-15-36-8)20(33)18-14-28-21-19(29-18)22(38-17-12-10-9-11-13-17)31-25(30-21)32(23(34)26(2,3)4)24(35)27(5,6)7/h14,16-17H,9-13,15H2,1-8H3/t16-/m0/s1. The van der Waals surface area contributed by atoms with Gasteiger partial charge in [0.25, 0.3) is 0 Å². The lowest BCUT2D eigenvalue weighted by molar-refractivity contribution is -0.134. The largest absolute Gasteiger partial charge is 0.473 e. The summed E-state index contributed by atoms with van der Waals surface area (Å²) in [4.78, 5) is 58.7. The highest BCUT2D eigenvalue weighted by Gasteiger charge is 2.40. The molecule has 0 aliphatic heterocycles. The molecule has 38 heavy (non-hydrogen) atoms. The molecule has 2 aromatic heterocycles. The molecule has 0 saturated heterocycles. The SMILES string of the molecule is COCO[C@@H](C)C(=O)c1cnc2nc(N(C(=O)C(C)(C)C)C(=O)C(C)(C)C)nc(OC3CCCCC3)c2n1. The summed E-state index contributed by atoms with van der Waals surface area (Å²) in [6, 6.07) is 0. The van der Waals surface area contributed by atoms with E-state index in [0.29, 0.717) is 0 Å². The Hall–Kier alpha value is -3.05. The van der Waals surface area contributed by atoms with Crippen LogP contribution in [-0.2, 0) is 19.1 Å². The molecule has 0 spiro atoms. The number of imide groups is 1. The average Bonchev–Trinajstić information content (AvgIpc) is 2.86. The van der Waals surface area contributed by atoms with Crippen LogP contribution < -0.4 is 9.64 Å². The van der Waals surface area contributed by atoms with Crippen molar-refractivity contribution in [3.05, 3.63) is 11.9 Å². The highest BCUT2D eigenvalue weighted by atomic mass is 16.7. The van der Waals surface area contributed by atoms with Gasteiger partial charge in [0.2, 0.25) is 29.4 Å². The van der Waals surface area contributed by atoms with Crippen LogP contribution in [-0.4, -0.2) is 63.6 Å². The van der Waals surface area contributed by atoms with Gasteiger partial charge in [0, 0.05) is 17.9 Å². The predicted octanol–water partition coefficient (Wildman–Crippen LogP) is 4.27. The van der Waals surface area contributed by atoms with Crippen molar-refractivity contribution in [2.45, 2.75) is 92.8 Å². The first kappa shape index (κ1) is 29.5. The molecule has 208 valence electrons. The minimum Gasteiger partial charge on any atom is -0.473 e. The molecule has 0 bridgehead atoms. The number of ketones is 1. The zero-order valence-corrected chi connectivity index (χ0v) is 23.7. The van der Waals surface area contributed by atoms with Crippen LogP contribution in [0.15, 0.2) is 6.20 Å². The van der Waals surface area contributed by atoms with Crippen LogP contribution >= 0.6 is 0 Å². The Morgan fingerprint density at radius 2 is 1.58 bits per heavy atom. The maximum absolute atomic E-state index is 13.5. The van der Waals surface area contributed by atoms with Crippen molar-refractivity contribution >= 4 is 34.7 Å². The fraction of sp³-hybridized carbons (Fsp3) is 0.667. The van der Waals surface area contributed by atoms with Gasteiger partial charge in [-0.1, -0.05) is 48.0 Å². The van der Waals surface area contributed by atoms with Crippen LogP contribution in [0.3, 0.4) is 0 Å². The summed E-state index contributed by atoms with van der Waals surface area (Å²) in [7, 11) is 1.47. The van der Waals surface area contributed by atoms with Crippen LogP contribution in [0.4, 0.5) is 5.95 Å². The van der Waals surface area contributed by atoms with Crippen molar-refractivity contribution in [3.8, 4) is 5.88 Å². The molecule has 1 saturated carbocycles. The third kappa shape index (κ3) is 6.87. The fourth-order valence-electron chi connectivity index (χ4n) is 3.91. The van der Waals surface area contributed by atoms with Gasteiger partial charge in [0.15, 0.2) is 11.2 Å². The molecule has 1 fully saturated rings. The Morgan fingerprint density at radius 3 is 2.13 bits per heavy atom. The van der Waals surface area contributed by atoms with Gasteiger partial charge in [-0.25, -0.2) is 14.9 Å². The quantitative estimate of drug-likeness (QED) is 0.360. The van der Waals surface area contributed by atoms with E-state index in [1.165, 1.54) is 13.3 Å². The van der Waals surface area contributed by atoms with Gasteiger partial charge < -0.3 is 14.2 Å². The monoisotopic (exact) mass is 529 g/mol. The number of ether oxygens (including phenoxy) is 3. The normalized spacial score (nSPS) is 15.8. The van der Waals surface area contributed by atoms with E-state index in [0.717, 1.165) is 37.0 Å². The Bertz CT molecular complexity index is 1150. The second kappa shape index (κ2) is 11.8. The summed E-state index contributed by atoms with van der Waals surface area (Å²) in [5, 5.41) is 0. The molecule has 11 nitrogen and oxygen atoms in total. The summed E-state index contributed by atoms with van der Waals surface area (Å²) in [5.41, 5.74) is -1.43. The van der Waals surface area contributed by atoms with Gasteiger partial charge >= 0.3 is 0 Å². The molecular formula is C27H39N5O6. The van der Waals surface area contributed by atoms with Gasteiger partial charge in [0.1, 0.15) is 24.7 Å². The van der Waals surface area contributed by atoms with Gasteiger partial charge in [-0.3, -0.25) is 14.4 Å². The molecule has 0 radical (unpaired) electrons. The predicted molar refractivity (Wildman–Crippen MR) is 141 cm³/mol. The first-order chi connectivity index (χ1) is 17.7. The Kier molecular flexibility index (Phi) is 9.14. The highest BCUT2D eigenvalue weighted by Crippen LogP contribution is 2.32. The van der Waals surface area contributed by atoms with E-state index in [-0.39, 0.29) is 41.6 Å². The smallest absolute Gasteiger partial charge is 0.247 e. The summed E-state index contributed by atoms with van der Waals surface area (Å²) in [5.74, 6) is -1.35. The van der Waals surface area contributed by atoms with E-state index in [9.17, 15) is 14.4 Å². The molecule has 2 heterocycles. The average molecular weight is 530 g/mol. The molecule has 11 heteroatoms. The van der Waals surface area contributed by atoms with Crippen molar-refractivity contribution < 1.29 is 28.6 Å². The summed E-state index contributed by atoms with van der Waals surface area (Å²) < 4.78 is 16.5. The van der Waals surface area contributed by atoms with Gasteiger partial charge in [-0.05, 0) is 32.6 Å². The third-order valence-corrected chi connectivity index (χ3v) is 6.14. The van der Waals surface area contributed by atoms with E-state index in [1.807, 2.05) is 0 Å². The lowest BCUT2D eigenvalue weighted by Crippen LogP contribution is -2.49. The van der Waals surface area contributed by atoms with Gasteiger partial charge in [-0.2, -0.15) is 9.97 Å². The van der Waals surface area contributed by atoms with Crippen LogP contribution in [0.2, 0.25) is 0 Å². The van der Waals surface area contributed by atoms with Gasteiger partial charge in [-0.15, -0.1) is 0 Å². The molecule has 2 amide bonds. The number of nitrogens with zero attached hydrogens (tertiary/aromatic N) is 5. The molecule has 1 aliphatic rings. The first-order valence-corrected chi connectivity index (χ1v) is 13.0. The minimum atomic E-state index is -0.885. The minimum absolute atomic E-state index is 0.0458. The Morgan fingerprint density at radius 1 is 0.974 bits per heavy atom. The number of carbonyl (C=O) groups is 3. The number of amides is 2. The maximum atomic E-state index is 13.5. The zero-order valence-electron chi connectivity index (χ0n) is 23.7. The molecule has 1 atom stereocenters. The number of methoxy groups -OCH3 is 1. The second-order valence-corrected chi connectivity index (χ2v) is 11.7. The number of fused-ring (bicyclic) bond motifs is 1. The van der Waals surface area contributed by atoms with Gasteiger partial charge in [0.05, 0.1) is 6.20 Å². The van der Waals surface area contributed by atoms with Crippen LogP contribution in [0.1, 0.15) is 91.1 Å². The molecule has 0 N–H and O–H groups in total. The van der Waals surface area contributed by atoms with E-state index < -0.39 is 34.5 Å². The number of hydrogen-bond donors (Lipinski definition) is 0. The third-order valence-electron chi connectivity index (χ3n) is 6.14. The van der Waals surface area contributed by atoms with Crippen molar-refractivity contribution in [3.63, 3.8) is 0 Å². The number of anilines is 1. The van der Waals surface area contributed by atoms with Crippen LogP contribution in [0.5, 0.6) is 5.88 Å². The van der Waals surface area contributed by atoms with Crippen molar-refractivity contribution in [1.82, 2.24) is 19.9 Å². The molecule has 1 aliphatic carbocycles. The second-order valence-electron chi connectivity index (χ2n) is 11.7. The summed E-state index contributed by atoms with van der Waals surface area (Å²) in [6.45, 7) is 11.9. The number of carbonyl (C=O) groups excluding carboxylic acids is 3. The van der Waals surface area contributed by atoms with E-state index >= 15 is 0 Å². The molecule has 0 unspecified atom stereocenters. The summed E-state index contributed by atoms with van der Waals surface area (Å²) in [6.07, 6.45) is 5.18. The Labute approximate surface area is 223 Å². The van der Waals surface area contributed by atoms with E-state index in [1.54, 1.807) is 48.5 Å². The van der Waals surface area contributed by atoms with Crippen LogP contribution in [0, 0.1) is 10.8 Å². The topological polar surface area (TPSA) is 134 Å². The molecule has 2 aromatic rings. The molecule has 0 aromatic carbocycles. The number of rotatable bonds is 8. The van der Waals surface area contributed by atoms with Crippen LogP contribution in [0.25, 0.3) is 11.2 Å². The van der Waals surface area contributed by atoms with Crippen molar-refractivity contribution in [1.29, 1.82) is 0 Å². The zero-order chi connectivity index (χ0) is 28.3. The Balaban J connectivity index is 2.16. The lowest BCUT2D eigenvalue weighted by atomic mass is 9.90. The fourth-order valence-corrected chi connectivity index (χ4v) is 3.91. The summed E-state index contributed by atoms with van der Waals surface area (Å²) >= 11 is 0. The maximum Gasteiger partial charge on any atom is 0.247 e. The molecule has 3 rings (SSSR count). The number of aromatic nitrogens is 4. The molecular weight excluding hydrogens is 490 g/mol. The number of Topliss-reactive ketones (excluding diaryl/α,β-unsaturated/α-hetero) is 1. The first-order valence-electron chi connectivity index (χ1n) is 13.0.